The minimum absolute atomic E-state index is 0.379. The van der Waals surface area contributed by atoms with Crippen molar-refractivity contribution in [2.45, 2.75) is 36.1 Å². The zero-order valence-electron chi connectivity index (χ0n) is 12.2. The van der Waals surface area contributed by atoms with E-state index in [1.165, 1.54) is 11.3 Å². The van der Waals surface area contributed by atoms with Gasteiger partial charge in [0.2, 0.25) is 0 Å². The molecule has 5 nitrogen and oxygen atoms in total. The Morgan fingerprint density at radius 2 is 2.30 bits per heavy atom. The van der Waals surface area contributed by atoms with Gasteiger partial charge in [0.05, 0.1) is 5.60 Å². The summed E-state index contributed by atoms with van der Waals surface area (Å²) in [7, 11) is 0.0963. The van der Waals surface area contributed by atoms with Crippen LogP contribution in [0.15, 0.2) is 15.7 Å². The molecule has 0 spiro atoms. The van der Waals surface area contributed by atoms with Gasteiger partial charge in [0.25, 0.3) is 10.0 Å². The van der Waals surface area contributed by atoms with Crippen LogP contribution in [0.5, 0.6) is 0 Å². The van der Waals surface area contributed by atoms with Crippen LogP contribution >= 0.6 is 11.3 Å². The molecule has 20 heavy (non-hydrogen) atoms. The van der Waals surface area contributed by atoms with Crippen molar-refractivity contribution in [3.8, 4) is 0 Å². The van der Waals surface area contributed by atoms with E-state index in [1.807, 2.05) is 19.4 Å². The second-order valence-corrected chi connectivity index (χ2v) is 8.48. The first kappa shape index (κ1) is 15.9. The third kappa shape index (κ3) is 3.23. The van der Waals surface area contributed by atoms with E-state index in [1.54, 1.807) is 17.5 Å². The van der Waals surface area contributed by atoms with E-state index in [-0.39, 0.29) is 5.60 Å². The maximum atomic E-state index is 12.7. The molecule has 1 aliphatic heterocycles. The fraction of sp³-hybridized carbons (Fsp3) is 0.692. The monoisotopic (exact) mass is 318 g/mol. The molecule has 1 aromatic rings. The van der Waals surface area contributed by atoms with Gasteiger partial charge in [0.1, 0.15) is 4.21 Å². The molecule has 7 heteroatoms. The van der Waals surface area contributed by atoms with Gasteiger partial charge in [-0.1, -0.05) is 0 Å². The summed E-state index contributed by atoms with van der Waals surface area (Å²) in [4.78, 5) is 0. The first-order chi connectivity index (χ1) is 9.41. The molecule has 0 amide bonds. The highest BCUT2D eigenvalue weighted by atomic mass is 32.2. The summed E-state index contributed by atoms with van der Waals surface area (Å²) in [6.45, 7) is 3.64. The molecular weight excluding hydrogens is 296 g/mol. The molecule has 1 saturated heterocycles. The number of thiophene rings is 1. The van der Waals surface area contributed by atoms with E-state index in [9.17, 15) is 8.42 Å². The Hall–Kier alpha value is -0.470. The third-order valence-corrected chi connectivity index (χ3v) is 7.03. The normalized spacial score (nSPS) is 24.9. The van der Waals surface area contributed by atoms with Gasteiger partial charge in [0, 0.05) is 26.7 Å². The highest BCUT2D eigenvalue weighted by Gasteiger charge is 2.37. The van der Waals surface area contributed by atoms with Gasteiger partial charge in [-0.2, -0.15) is 4.31 Å². The fourth-order valence-corrected chi connectivity index (χ4v) is 5.40. The van der Waals surface area contributed by atoms with Crippen LogP contribution in [0.2, 0.25) is 0 Å². The lowest BCUT2D eigenvalue weighted by molar-refractivity contribution is -0.0319. The number of methoxy groups -OCH3 is 1. The molecular formula is C13H22N2O3S2. The van der Waals surface area contributed by atoms with Crippen LogP contribution in [0.3, 0.4) is 0 Å². The Kier molecular flexibility index (Phi) is 4.86. The smallest absolute Gasteiger partial charge is 0.252 e. The summed E-state index contributed by atoms with van der Waals surface area (Å²) < 4.78 is 32.8. The van der Waals surface area contributed by atoms with Crippen molar-refractivity contribution in [2.24, 2.45) is 0 Å². The summed E-state index contributed by atoms with van der Waals surface area (Å²) in [6, 6.07) is 1.76. The van der Waals surface area contributed by atoms with E-state index in [0.29, 0.717) is 23.8 Å². The number of hydrogen-bond acceptors (Lipinski definition) is 5. The number of piperidine rings is 1. The van der Waals surface area contributed by atoms with Gasteiger partial charge in [0.15, 0.2) is 0 Å². The van der Waals surface area contributed by atoms with Gasteiger partial charge in [-0.25, -0.2) is 8.42 Å². The summed E-state index contributed by atoms with van der Waals surface area (Å²) in [5.74, 6) is 0. The molecule has 1 atom stereocenters. The predicted octanol–water partition coefficient (Wildman–Crippen LogP) is 1.66. The minimum atomic E-state index is -3.40. The van der Waals surface area contributed by atoms with Gasteiger partial charge in [-0.05, 0) is 43.8 Å². The first-order valence-corrected chi connectivity index (χ1v) is 9.00. The SMILES string of the molecule is CNCc1csc(S(=O)(=O)N2CCCC(C)(OC)C2)c1. The highest BCUT2D eigenvalue weighted by molar-refractivity contribution is 7.91. The maximum Gasteiger partial charge on any atom is 0.252 e. The van der Waals surface area contributed by atoms with Crippen molar-refractivity contribution in [3.63, 3.8) is 0 Å². The number of ether oxygens (including phenoxy) is 1. The Labute approximate surface area is 125 Å². The van der Waals surface area contributed by atoms with Gasteiger partial charge in [-0.15, -0.1) is 11.3 Å². The second-order valence-electron chi connectivity index (χ2n) is 5.40. The van der Waals surface area contributed by atoms with Crippen LogP contribution in [-0.4, -0.2) is 45.6 Å². The molecule has 1 N–H and O–H groups in total. The van der Waals surface area contributed by atoms with Gasteiger partial charge in [-0.3, -0.25) is 0 Å². The van der Waals surface area contributed by atoms with Crippen LogP contribution in [0, 0.1) is 0 Å². The molecule has 114 valence electrons. The van der Waals surface area contributed by atoms with Crippen LogP contribution in [-0.2, 0) is 21.3 Å². The quantitative estimate of drug-likeness (QED) is 0.897. The zero-order chi connectivity index (χ0) is 14.8. The summed E-state index contributed by atoms with van der Waals surface area (Å²) in [5.41, 5.74) is 0.624. The number of nitrogens with one attached hydrogen (secondary N) is 1. The number of sulfonamides is 1. The Bertz CT molecular complexity index is 556. The lowest BCUT2D eigenvalue weighted by Crippen LogP contribution is -2.49. The molecule has 1 aromatic heterocycles. The zero-order valence-corrected chi connectivity index (χ0v) is 13.8. The average molecular weight is 318 g/mol. The topological polar surface area (TPSA) is 58.6 Å². The predicted molar refractivity (Wildman–Crippen MR) is 80.5 cm³/mol. The van der Waals surface area contributed by atoms with Crippen molar-refractivity contribution < 1.29 is 13.2 Å². The van der Waals surface area contributed by atoms with Crippen LogP contribution in [0.4, 0.5) is 0 Å². The molecule has 0 aromatic carbocycles. The van der Waals surface area contributed by atoms with Crippen molar-refractivity contribution in [3.05, 3.63) is 17.0 Å². The lowest BCUT2D eigenvalue weighted by atomic mass is 9.96. The van der Waals surface area contributed by atoms with Crippen molar-refractivity contribution in [1.29, 1.82) is 0 Å². The average Bonchev–Trinajstić information content (AvgIpc) is 2.89. The molecule has 1 unspecified atom stereocenters. The van der Waals surface area contributed by atoms with Crippen molar-refractivity contribution in [1.82, 2.24) is 9.62 Å². The Morgan fingerprint density at radius 3 is 2.95 bits per heavy atom. The fourth-order valence-electron chi connectivity index (χ4n) is 2.44. The van der Waals surface area contributed by atoms with E-state index in [4.69, 9.17) is 4.74 Å². The molecule has 0 saturated carbocycles. The third-order valence-electron chi connectivity index (χ3n) is 3.72. The Morgan fingerprint density at radius 1 is 1.55 bits per heavy atom. The molecule has 1 fully saturated rings. The molecule has 0 radical (unpaired) electrons. The molecule has 1 aliphatic rings. The number of rotatable bonds is 5. The Balaban J connectivity index is 2.20. The largest absolute Gasteiger partial charge is 0.377 e. The first-order valence-electron chi connectivity index (χ1n) is 6.68. The molecule has 0 bridgehead atoms. The number of hydrogen-bond donors (Lipinski definition) is 1. The summed E-state index contributed by atoms with van der Waals surface area (Å²) >= 11 is 1.29. The molecule has 2 heterocycles. The van der Waals surface area contributed by atoms with E-state index >= 15 is 0 Å². The number of nitrogens with zero attached hydrogens (tertiary/aromatic N) is 1. The lowest BCUT2D eigenvalue weighted by Gasteiger charge is -2.38. The summed E-state index contributed by atoms with van der Waals surface area (Å²) in [6.07, 6.45) is 1.73. The minimum Gasteiger partial charge on any atom is -0.377 e. The van der Waals surface area contributed by atoms with Crippen LogP contribution < -0.4 is 5.32 Å². The van der Waals surface area contributed by atoms with Crippen molar-refractivity contribution in [2.75, 3.05) is 27.2 Å². The van der Waals surface area contributed by atoms with E-state index < -0.39 is 10.0 Å². The molecule has 2 rings (SSSR count). The highest BCUT2D eigenvalue weighted by Crippen LogP contribution is 2.30. The molecule has 0 aliphatic carbocycles. The van der Waals surface area contributed by atoms with Crippen LogP contribution in [0.25, 0.3) is 0 Å². The van der Waals surface area contributed by atoms with Crippen LogP contribution in [0.1, 0.15) is 25.3 Å². The summed E-state index contributed by atoms with van der Waals surface area (Å²) in [5, 5.41) is 4.92. The van der Waals surface area contributed by atoms with Crippen molar-refractivity contribution >= 4 is 21.4 Å². The van der Waals surface area contributed by atoms with E-state index in [0.717, 1.165) is 18.4 Å². The standard InChI is InChI=1S/C13H22N2O3S2/c1-13(18-3)5-4-6-15(10-13)20(16,17)12-7-11(8-14-2)9-19-12/h7,9,14H,4-6,8,10H2,1-3H3. The van der Waals surface area contributed by atoms with E-state index in [2.05, 4.69) is 5.32 Å². The maximum absolute atomic E-state index is 12.7. The van der Waals surface area contributed by atoms with Gasteiger partial charge < -0.3 is 10.1 Å². The van der Waals surface area contributed by atoms with Gasteiger partial charge >= 0.3 is 0 Å². The second kappa shape index (κ2) is 6.11.